The minimum atomic E-state index is 0.338. The molecule has 4 heteroatoms. The molecule has 0 aromatic carbocycles. The Morgan fingerprint density at radius 1 is 1.46 bits per heavy atom. The minimum absolute atomic E-state index is 0.338. The lowest BCUT2D eigenvalue weighted by Gasteiger charge is -2.28. The van der Waals surface area contributed by atoms with Crippen LogP contribution in [0.2, 0.25) is 0 Å². The van der Waals surface area contributed by atoms with E-state index >= 15 is 0 Å². The molecule has 0 amide bonds. The number of ether oxygens (including phenoxy) is 1. The standard InChI is InChI=1S/C9H20N2OS/c1-13-7-2-9(10)8-11-3-5-12-6-4-11/h9H,2-8,10H2,1H3. The molecule has 0 aliphatic carbocycles. The van der Waals surface area contributed by atoms with Gasteiger partial charge in [-0.25, -0.2) is 0 Å². The fourth-order valence-corrected chi connectivity index (χ4v) is 2.01. The van der Waals surface area contributed by atoms with Gasteiger partial charge in [0.25, 0.3) is 0 Å². The van der Waals surface area contributed by atoms with Gasteiger partial charge in [-0.1, -0.05) is 0 Å². The van der Waals surface area contributed by atoms with Crippen molar-refractivity contribution < 1.29 is 4.74 Å². The number of morpholine rings is 1. The highest BCUT2D eigenvalue weighted by atomic mass is 32.2. The molecule has 1 fully saturated rings. The van der Waals surface area contributed by atoms with Gasteiger partial charge in [-0.3, -0.25) is 4.90 Å². The van der Waals surface area contributed by atoms with Gasteiger partial charge >= 0.3 is 0 Å². The Bertz CT molecular complexity index is 129. The molecular weight excluding hydrogens is 184 g/mol. The van der Waals surface area contributed by atoms with Crippen molar-refractivity contribution in [2.45, 2.75) is 12.5 Å². The molecule has 0 bridgehead atoms. The van der Waals surface area contributed by atoms with Crippen molar-refractivity contribution in [1.82, 2.24) is 4.90 Å². The fourth-order valence-electron chi connectivity index (χ4n) is 1.48. The zero-order valence-corrected chi connectivity index (χ0v) is 9.18. The highest BCUT2D eigenvalue weighted by Gasteiger charge is 2.13. The number of hydrogen-bond donors (Lipinski definition) is 1. The molecule has 0 radical (unpaired) electrons. The van der Waals surface area contributed by atoms with Crippen molar-refractivity contribution >= 4 is 11.8 Å². The van der Waals surface area contributed by atoms with E-state index < -0.39 is 0 Å². The quantitative estimate of drug-likeness (QED) is 0.703. The zero-order valence-electron chi connectivity index (χ0n) is 8.37. The second kappa shape index (κ2) is 6.65. The van der Waals surface area contributed by atoms with Crippen LogP contribution in [-0.2, 0) is 4.74 Å². The first-order valence-corrected chi connectivity index (χ1v) is 6.27. The van der Waals surface area contributed by atoms with E-state index in [0.29, 0.717) is 6.04 Å². The Balaban J connectivity index is 2.07. The molecule has 1 atom stereocenters. The minimum Gasteiger partial charge on any atom is -0.379 e. The van der Waals surface area contributed by atoms with Gasteiger partial charge < -0.3 is 10.5 Å². The monoisotopic (exact) mass is 204 g/mol. The number of rotatable bonds is 5. The third kappa shape index (κ3) is 4.86. The Kier molecular flexibility index (Phi) is 5.78. The van der Waals surface area contributed by atoms with E-state index in [1.54, 1.807) is 0 Å². The average molecular weight is 204 g/mol. The van der Waals surface area contributed by atoms with E-state index in [2.05, 4.69) is 11.2 Å². The highest BCUT2D eigenvalue weighted by Crippen LogP contribution is 2.02. The summed E-state index contributed by atoms with van der Waals surface area (Å²) in [5.41, 5.74) is 5.99. The van der Waals surface area contributed by atoms with Crippen molar-refractivity contribution in [2.24, 2.45) is 5.73 Å². The molecule has 2 N–H and O–H groups in total. The summed E-state index contributed by atoms with van der Waals surface area (Å²) in [6.45, 7) is 4.87. The van der Waals surface area contributed by atoms with Crippen LogP contribution < -0.4 is 5.73 Å². The molecule has 1 aliphatic heterocycles. The third-order valence-corrected chi connectivity index (χ3v) is 2.93. The lowest BCUT2D eigenvalue weighted by Crippen LogP contribution is -2.43. The van der Waals surface area contributed by atoms with E-state index in [0.717, 1.165) is 39.3 Å². The lowest BCUT2D eigenvalue weighted by atomic mass is 10.2. The van der Waals surface area contributed by atoms with Crippen molar-refractivity contribution in [3.05, 3.63) is 0 Å². The summed E-state index contributed by atoms with van der Waals surface area (Å²) < 4.78 is 5.28. The normalized spacial score (nSPS) is 21.7. The summed E-state index contributed by atoms with van der Waals surface area (Å²) in [5, 5.41) is 0. The molecule has 1 aliphatic rings. The van der Waals surface area contributed by atoms with Crippen molar-refractivity contribution in [2.75, 3.05) is 44.9 Å². The largest absolute Gasteiger partial charge is 0.379 e. The molecule has 13 heavy (non-hydrogen) atoms. The van der Waals surface area contributed by atoms with Gasteiger partial charge in [0.1, 0.15) is 0 Å². The summed E-state index contributed by atoms with van der Waals surface area (Å²) in [6, 6.07) is 0.338. The van der Waals surface area contributed by atoms with Crippen LogP contribution in [0.5, 0.6) is 0 Å². The van der Waals surface area contributed by atoms with Crippen LogP contribution >= 0.6 is 11.8 Å². The highest BCUT2D eigenvalue weighted by molar-refractivity contribution is 7.98. The van der Waals surface area contributed by atoms with Crippen LogP contribution in [-0.4, -0.2) is 55.8 Å². The molecular formula is C9H20N2OS. The van der Waals surface area contributed by atoms with E-state index in [9.17, 15) is 0 Å². The Hall–Kier alpha value is 0.230. The van der Waals surface area contributed by atoms with Crippen LogP contribution in [0.25, 0.3) is 0 Å². The van der Waals surface area contributed by atoms with Gasteiger partial charge in [0.15, 0.2) is 0 Å². The lowest BCUT2D eigenvalue weighted by molar-refractivity contribution is 0.0352. The summed E-state index contributed by atoms with van der Waals surface area (Å²) in [4.78, 5) is 2.40. The first kappa shape index (κ1) is 11.3. The number of nitrogens with two attached hydrogens (primary N) is 1. The Morgan fingerprint density at radius 3 is 2.77 bits per heavy atom. The van der Waals surface area contributed by atoms with Crippen LogP contribution in [0.15, 0.2) is 0 Å². The summed E-state index contributed by atoms with van der Waals surface area (Å²) in [7, 11) is 0. The van der Waals surface area contributed by atoms with Gasteiger partial charge in [0.05, 0.1) is 13.2 Å². The topological polar surface area (TPSA) is 38.5 Å². The maximum Gasteiger partial charge on any atom is 0.0594 e. The van der Waals surface area contributed by atoms with Crippen LogP contribution in [0.3, 0.4) is 0 Å². The smallest absolute Gasteiger partial charge is 0.0594 e. The molecule has 3 nitrogen and oxygen atoms in total. The van der Waals surface area contributed by atoms with Crippen LogP contribution in [0.4, 0.5) is 0 Å². The summed E-state index contributed by atoms with van der Waals surface area (Å²) in [5.74, 6) is 1.17. The molecule has 0 spiro atoms. The van der Waals surface area contributed by atoms with Crippen molar-refractivity contribution in [1.29, 1.82) is 0 Å². The van der Waals surface area contributed by atoms with Crippen LogP contribution in [0, 0.1) is 0 Å². The molecule has 78 valence electrons. The molecule has 0 aromatic heterocycles. The average Bonchev–Trinajstić information content (AvgIpc) is 2.16. The first-order chi connectivity index (χ1) is 6.33. The van der Waals surface area contributed by atoms with Gasteiger partial charge in [-0.15, -0.1) is 0 Å². The molecule has 0 aromatic rings. The fraction of sp³-hybridized carbons (Fsp3) is 1.00. The third-order valence-electron chi connectivity index (χ3n) is 2.29. The molecule has 1 heterocycles. The molecule has 0 saturated carbocycles. The Labute approximate surface area is 85.0 Å². The summed E-state index contributed by atoms with van der Waals surface area (Å²) in [6.07, 6.45) is 3.25. The zero-order chi connectivity index (χ0) is 9.52. The molecule has 1 unspecified atom stereocenters. The number of nitrogens with zero attached hydrogens (tertiary/aromatic N) is 1. The first-order valence-electron chi connectivity index (χ1n) is 4.87. The Morgan fingerprint density at radius 2 is 2.15 bits per heavy atom. The maximum absolute atomic E-state index is 5.99. The van der Waals surface area contributed by atoms with Gasteiger partial charge in [0, 0.05) is 25.7 Å². The van der Waals surface area contributed by atoms with Gasteiger partial charge in [-0.05, 0) is 18.4 Å². The van der Waals surface area contributed by atoms with E-state index in [1.807, 2.05) is 11.8 Å². The predicted octanol–water partition coefficient (Wildman–Crippen LogP) is 0.399. The number of hydrogen-bond acceptors (Lipinski definition) is 4. The van der Waals surface area contributed by atoms with E-state index in [4.69, 9.17) is 10.5 Å². The van der Waals surface area contributed by atoms with Crippen LogP contribution in [0.1, 0.15) is 6.42 Å². The van der Waals surface area contributed by atoms with E-state index in [1.165, 1.54) is 5.75 Å². The van der Waals surface area contributed by atoms with Gasteiger partial charge in [0.2, 0.25) is 0 Å². The summed E-state index contributed by atoms with van der Waals surface area (Å²) >= 11 is 1.87. The van der Waals surface area contributed by atoms with Crippen molar-refractivity contribution in [3.63, 3.8) is 0 Å². The second-order valence-electron chi connectivity index (χ2n) is 3.45. The van der Waals surface area contributed by atoms with Crippen molar-refractivity contribution in [3.8, 4) is 0 Å². The molecule has 1 rings (SSSR count). The maximum atomic E-state index is 5.99. The number of thioether (sulfide) groups is 1. The van der Waals surface area contributed by atoms with E-state index in [-0.39, 0.29) is 0 Å². The predicted molar refractivity (Wildman–Crippen MR) is 58.2 cm³/mol. The van der Waals surface area contributed by atoms with Gasteiger partial charge in [-0.2, -0.15) is 11.8 Å². The molecule has 1 saturated heterocycles. The SMILES string of the molecule is CSCCC(N)CN1CCOCC1. The second-order valence-corrected chi connectivity index (χ2v) is 4.44.